The van der Waals surface area contributed by atoms with Crippen molar-refractivity contribution in [3.05, 3.63) is 47.7 Å². The first kappa shape index (κ1) is 12.2. The predicted molar refractivity (Wildman–Crippen MR) is 68.6 cm³/mol. The van der Waals surface area contributed by atoms with Gasteiger partial charge in [0.2, 0.25) is 0 Å². The molecule has 0 amide bonds. The minimum Gasteiger partial charge on any atom is -0.389 e. The molecular formula is C13H20OSi. The molecule has 0 unspecified atom stereocenters. The fraction of sp³-hybridized carbons (Fsp3) is 0.385. The van der Waals surface area contributed by atoms with Crippen LogP contribution in [0.2, 0.25) is 19.6 Å². The fourth-order valence-electron chi connectivity index (χ4n) is 1.32. The second kappa shape index (κ2) is 5.28. The van der Waals surface area contributed by atoms with Gasteiger partial charge in [0, 0.05) is 6.42 Å². The van der Waals surface area contributed by atoms with Gasteiger partial charge in [0.25, 0.3) is 0 Å². The fourth-order valence-corrected chi connectivity index (χ4v) is 2.12. The lowest BCUT2D eigenvalue weighted by Gasteiger charge is -2.11. The lowest BCUT2D eigenvalue weighted by Crippen LogP contribution is -2.17. The summed E-state index contributed by atoms with van der Waals surface area (Å²) in [6.07, 6.45) is 2.31. The maximum absolute atomic E-state index is 9.80. The van der Waals surface area contributed by atoms with E-state index >= 15 is 0 Å². The van der Waals surface area contributed by atoms with Crippen LogP contribution in [0.3, 0.4) is 0 Å². The van der Waals surface area contributed by atoms with E-state index in [2.05, 4.69) is 25.3 Å². The van der Waals surface area contributed by atoms with Crippen LogP contribution in [-0.2, 0) is 6.42 Å². The molecule has 1 aromatic rings. The number of rotatable bonds is 4. The largest absolute Gasteiger partial charge is 0.389 e. The molecule has 82 valence electrons. The highest BCUT2D eigenvalue weighted by molar-refractivity contribution is 6.80. The first-order valence-corrected chi connectivity index (χ1v) is 8.96. The Bertz CT molecular complexity index is 311. The van der Waals surface area contributed by atoms with Crippen molar-refractivity contribution < 1.29 is 5.11 Å². The Hall–Kier alpha value is -0.863. The highest BCUT2D eigenvalue weighted by Crippen LogP contribution is 2.07. The van der Waals surface area contributed by atoms with Crippen LogP contribution in [0.1, 0.15) is 5.56 Å². The lowest BCUT2D eigenvalue weighted by atomic mass is 10.1. The number of hydrogen-bond donors (Lipinski definition) is 1. The van der Waals surface area contributed by atoms with Crippen LogP contribution in [0.25, 0.3) is 0 Å². The van der Waals surface area contributed by atoms with Gasteiger partial charge in [-0.3, -0.25) is 0 Å². The van der Waals surface area contributed by atoms with E-state index in [0.717, 1.165) is 0 Å². The normalized spacial score (nSPS) is 14.4. The quantitative estimate of drug-likeness (QED) is 0.773. The van der Waals surface area contributed by atoms with Crippen molar-refractivity contribution in [2.24, 2.45) is 0 Å². The van der Waals surface area contributed by atoms with Gasteiger partial charge in [-0.05, 0) is 5.56 Å². The SMILES string of the molecule is C[Si](C)(C)/C=C\[C@H](O)Cc1ccccc1. The maximum Gasteiger partial charge on any atom is 0.0757 e. The molecule has 0 saturated carbocycles. The van der Waals surface area contributed by atoms with E-state index in [9.17, 15) is 5.11 Å². The minimum atomic E-state index is -1.18. The van der Waals surface area contributed by atoms with Gasteiger partial charge in [0.1, 0.15) is 0 Å². The topological polar surface area (TPSA) is 20.2 Å². The first-order chi connectivity index (χ1) is 6.97. The molecule has 0 aliphatic carbocycles. The van der Waals surface area contributed by atoms with Crippen molar-refractivity contribution in [1.29, 1.82) is 0 Å². The average Bonchev–Trinajstić information content (AvgIpc) is 2.15. The van der Waals surface area contributed by atoms with Crippen LogP contribution in [0.5, 0.6) is 0 Å². The third-order valence-corrected chi connectivity index (χ3v) is 3.30. The molecule has 0 saturated heterocycles. The van der Waals surface area contributed by atoms with E-state index in [4.69, 9.17) is 0 Å². The zero-order valence-corrected chi connectivity index (χ0v) is 10.8. The molecule has 2 heteroatoms. The van der Waals surface area contributed by atoms with Crippen LogP contribution in [0, 0.1) is 0 Å². The summed E-state index contributed by atoms with van der Waals surface area (Å²) in [5.74, 6) is 0. The molecule has 0 radical (unpaired) electrons. The Morgan fingerprint density at radius 2 is 1.80 bits per heavy atom. The molecular weight excluding hydrogens is 200 g/mol. The molecule has 1 rings (SSSR count). The Balaban J connectivity index is 2.50. The second-order valence-corrected chi connectivity index (χ2v) is 10.0. The molecule has 0 aliphatic rings. The van der Waals surface area contributed by atoms with Crippen molar-refractivity contribution >= 4 is 8.07 Å². The van der Waals surface area contributed by atoms with Crippen LogP contribution >= 0.6 is 0 Å². The minimum absolute atomic E-state index is 0.348. The molecule has 0 aromatic heterocycles. The van der Waals surface area contributed by atoms with Crippen LogP contribution in [0.4, 0.5) is 0 Å². The predicted octanol–water partition coefficient (Wildman–Crippen LogP) is 3.02. The third kappa shape index (κ3) is 5.55. The molecule has 15 heavy (non-hydrogen) atoms. The van der Waals surface area contributed by atoms with Gasteiger partial charge in [0.15, 0.2) is 0 Å². The summed E-state index contributed by atoms with van der Waals surface area (Å²) in [6, 6.07) is 10.1. The van der Waals surface area contributed by atoms with E-state index < -0.39 is 8.07 Å². The number of benzene rings is 1. The van der Waals surface area contributed by atoms with Crippen molar-refractivity contribution in [1.82, 2.24) is 0 Å². The molecule has 0 fully saturated rings. The molecule has 0 aliphatic heterocycles. The van der Waals surface area contributed by atoms with E-state index in [1.807, 2.05) is 36.4 Å². The summed E-state index contributed by atoms with van der Waals surface area (Å²) >= 11 is 0. The average molecular weight is 220 g/mol. The Morgan fingerprint density at radius 3 is 2.33 bits per heavy atom. The van der Waals surface area contributed by atoms with Crippen LogP contribution < -0.4 is 0 Å². The Kier molecular flexibility index (Phi) is 4.30. The van der Waals surface area contributed by atoms with E-state index in [-0.39, 0.29) is 6.10 Å². The van der Waals surface area contributed by atoms with Gasteiger partial charge >= 0.3 is 0 Å². The Labute approximate surface area is 93.5 Å². The van der Waals surface area contributed by atoms with Gasteiger partial charge < -0.3 is 5.11 Å². The zero-order valence-electron chi connectivity index (χ0n) is 9.77. The van der Waals surface area contributed by atoms with E-state index in [1.165, 1.54) is 5.56 Å². The summed E-state index contributed by atoms with van der Waals surface area (Å²) in [7, 11) is -1.18. The van der Waals surface area contributed by atoms with Crippen molar-refractivity contribution in [3.63, 3.8) is 0 Å². The van der Waals surface area contributed by atoms with E-state index in [0.29, 0.717) is 6.42 Å². The highest BCUT2D eigenvalue weighted by atomic mass is 28.3. The summed E-state index contributed by atoms with van der Waals surface area (Å²) in [6.45, 7) is 6.79. The second-order valence-electron chi connectivity index (χ2n) is 4.98. The molecule has 0 bridgehead atoms. The molecule has 1 atom stereocenters. The molecule has 1 nitrogen and oxygen atoms in total. The lowest BCUT2D eigenvalue weighted by molar-refractivity contribution is 0.224. The molecule has 1 N–H and O–H groups in total. The smallest absolute Gasteiger partial charge is 0.0757 e. The van der Waals surface area contributed by atoms with Crippen molar-refractivity contribution in [2.45, 2.75) is 32.2 Å². The van der Waals surface area contributed by atoms with Crippen LogP contribution in [0.15, 0.2) is 42.1 Å². The summed E-state index contributed by atoms with van der Waals surface area (Å²) in [5.41, 5.74) is 3.38. The van der Waals surface area contributed by atoms with Gasteiger partial charge in [-0.1, -0.05) is 61.7 Å². The molecule has 1 aromatic carbocycles. The summed E-state index contributed by atoms with van der Waals surface area (Å²) in [5, 5.41) is 9.80. The molecule has 0 spiro atoms. The zero-order chi connectivity index (χ0) is 11.3. The van der Waals surface area contributed by atoms with Gasteiger partial charge in [-0.15, -0.1) is 0 Å². The molecule has 0 heterocycles. The van der Waals surface area contributed by atoms with E-state index in [1.54, 1.807) is 0 Å². The highest BCUT2D eigenvalue weighted by Gasteiger charge is 2.08. The number of aliphatic hydroxyl groups excluding tert-OH is 1. The van der Waals surface area contributed by atoms with Crippen molar-refractivity contribution in [3.8, 4) is 0 Å². The first-order valence-electron chi connectivity index (χ1n) is 5.39. The summed E-state index contributed by atoms with van der Waals surface area (Å²) < 4.78 is 0. The monoisotopic (exact) mass is 220 g/mol. The number of hydrogen-bond acceptors (Lipinski definition) is 1. The standard InChI is InChI=1S/C13H20OSi/c1-15(2,3)10-9-13(14)11-12-7-5-4-6-8-12/h4-10,13-14H,11H2,1-3H3/b10-9-/t13-/m0/s1. The van der Waals surface area contributed by atoms with Crippen LogP contribution in [-0.4, -0.2) is 19.3 Å². The third-order valence-electron chi connectivity index (χ3n) is 2.11. The maximum atomic E-state index is 9.80. The van der Waals surface area contributed by atoms with Gasteiger partial charge in [-0.2, -0.15) is 0 Å². The van der Waals surface area contributed by atoms with Gasteiger partial charge in [0.05, 0.1) is 14.2 Å². The number of aliphatic hydroxyl groups is 1. The van der Waals surface area contributed by atoms with Crippen molar-refractivity contribution in [2.75, 3.05) is 0 Å². The Morgan fingerprint density at radius 1 is 1.20 bits per heavy atom. The van der Waals surface area contributed by atoms with Gasteiger partial charge in [-0.25, -0.2) is 0 Å². The summed E-state index contributed by atoms with van der Waals surface area (Å²) in [4.78, 5) is 0.